The number of pyridine rings is 1. The molecular weight excluding hydrogens is 458 g/mol. The molecule has 0 atom stereocenters. The molecule has 0 spiro atoms. The minimum atomic E-state index is -0.0125. The Balaban J connectivity index is 1.16. The summed E-state index contributed by atoms with van der Waals surface area (Å²) in [6.07, 6.45) is 3.55. The Morgan fingerprint density at radius 2 is 1.65 bits per heavy atom. The van der Waals surface area contributed by atoms with Crippen molar-refractivity contribution in [2.24, 2.45) is 0 Å². The molecule has 0 radical (unpaired) electrons. The zero-order chi connectivity index (χ0) is 25.2. The average Bonchev–Trinajstić information content (AvgIpc) is 3.30. The lowest BCUT2D eigenvalue weighted by molar-refractivity contribution is 0.180. The molecule has 1 aliphatic heterocycles. The fraction of sp³-hybridized carbons (Fsp3) is 0.194. The molecule has 1 aliphatic rings. The number of para-hydroxylation sites is 2. The average molecular weight is 486 g/mol. The van der Waals surface area contributed by atoms with E-state index in [1.807, 2.05) is 65.2 Å². The van der Waals surface area contributed by atoms with Crippen LogP contribution >= 0.6 is 0 Å². The van der Waals surface area contributed by atoms with Crippen molar-refractivity contribution in [2.45, 2.75) is 25.4 Å². The Morgan fingerprint density at radius 1 is 0.919 bits per heavy atom. The molecule has 0 aliphatic carbocycles. The summed E-state index contributed by atoms with van der Waals surface area (Å²) < 4.78 is 1.94. The zero-order valence-corrected chi connectivity index (χ0v) is 20.5. The molecule has 2 aromatic heterocycles. The SMILES string of the molecule is N#Cc1cnc(-c2ccc(CN3CCC(n4c(=O)[nH]c5ccccc54)CC3)cc2)c(-c2ccccc2)c1. The van der Waals surface area contributed by atoms with Gasteiger partial charge in [0.25, 0.3) is 0 Å². The highest BCUT2D eigenvalue weighted by Crippen LogP contribution is 2.32. The predicted molar refractivity (Wildman–Crippen MR) is 146 cm³/mol. The minimum absolute atomic E-state index is 0.0125. The summed E-state index contributed by atoms with van der Waals surface area (Å²) in [6.45, 7) is 2.78. The van der Waals surface area contributed by atoms with E-state index in [1.54, 1.807) is 6.20 Å². The van der Waals surface area contributed by atoms with Gasteiger partial charge in [-0.1, -0.05) is 66.7 Å². The zero-order valence-electron chi connectivity index (χ0n) is 20.5. The first-order valence-electron chi connectivity index (χ1n) is 12.7. The number of nitrogens with zero attached hydrogens (tertiary/aromatic N) is 4. The number of hydrogen-bond donors (Lipinski definition) is 1. The van der Waals surface area contributed by atoms with Crippen molar-refractivity contribution in [3.05, 3.63) is 113 Å². The lowest BCUT2D eigenvalue weighted by Crippen LogP contribution is -2.36. The number of hydrogen-bond acceptors (Lipinski definition) is 4. The number of rotatable bonds is 5. The molecule has 1 N–H and O–H groups in total. The van der Waals surface area contributed by atoms with Gasteiger partial charge in [-0.3, -0.25) is 14.5 Å². The number of likely N-dealkylation sites (tertiary alicyclic amines) is 1. The van der Waals surface area contributed by atoms with E-state index in [1.165, 1.54) is 5.56 Å². The Bertz CT molecular complexity index is 1640. The number of benzene rings is 3. The standard InChI is InChI=1S/C31H27N5O/c32-19-23-18-27(24-6-2-1-3-7-24)30(33-20-23)25-12-10-22(11-13-25)21-35-16-14-26(15-17-35)36-29-9-5-4-8-28(29)34-31(36)37/h1-13,18,20,26H,14-17,21H2,(H,34,37). The number of H-pyrrole nitrogens is 1. The van der Waals surface area contributed by atoms with Gasteiger partial charge in [-0.2, -0.15) is 5.26 Å². The van der Waals surface area contributed by atoms with Gasteiger partial charge >= 0.3 is 5.69 Å². The molecule has 3 heterocycles. The van der Waals surface area contributed by atoms with Crippen LogP contribution in [0.5, 0.6) is 0 Å². The van der Waals surface area contributed by atoms with Crippen molar-refractivity contribution in [1.82, 2.24) is 19.4 Å². The van der Waals surface area contributed by atoms with Gasteiger partial charge in [-0.25, -0.2) is 4.79 Å². The molecule has 0 amide bonds. The van der Waals surface area contributed by atoms with E-state index in [4.69, 9.17) is 0 Å². The van der Waals surface area contributed by atoms with Crippen molar-refractivity contribution in [3.63, 3.8) is 0 Å². The number of aromatic nitrogens is 3. The van der Waals surface area contributed by atoms with Gasteiger partial charge < -0.3 is 4.98 Å². The van der Waals surface area contributed by atoms with E-state index in [2.05, 4.69) is 45.2 Å². The highest BCUT2D eigenvalue weighted by molar-refractivity contribution is 5.81. The molecule has 3 aromatic carbocycles. The van der Waals surface area contributed by atoms with Gasteiger partial charge in [0, 0.05) is 43.0 Å². The number of aromatic amines is 1. The highest BCUT2D eigenvalue weighted by Gasteiger charge is 2.23. The summed E-state index contributed by atoms with van der Waals surface area (Å²) in [6, 6.07) is 30.9. The number of fused-ring (bicyclic) bond motifs is 1. The van der Waals surface area contributed by atoms with Crippen LogP contribution in [0.15, 0.2) is 95.9 Å². The predicted octanol–water partition coefficient (Wildman–Crippen LogP) is 5.77. The molecule has 1 saturated heterocycles. The molecular formula is C31H27N5O. The maximum absolute atomic E-state index is 12.6. The normalized spacial score (nSPS) is 14.6. The summed E-state index contributed by atoms with van der Waals surface area (Å²) >= 11 is 0. The van der Waals surface area contributed by atoms with Gasteiger partial charge in [0.1, 0.15) is 6.07 Å². The molecule has 5 aromatic rings. The van der Waals surface area contributed by atoms with Crippen LogP contribution in [0.2, 0.25) is 0 Å². The topological polar surface area (TPSA) is 77.7 Å². The molecule has 0 bridgehead atoms. The van der Waals surface area contributed by atoms with Crippen LogP contribution in [-0.4, -0.2) is 32.5 Å². The molecule has 1 fully saturated rings. The van der Waals surface area contributed by atoms with Crippen molar-refractivity contribution >= 4 is 11.0 Å². The van der Waals surface area contributed by atoms with Crippen molar-refractivity contribution in [3.8, 4) is 28.5 Å². The van der Waals surface area contributed by atoms with E-state index >= 15 is 0 Å². The molecule has 6 rings (SSSR count). The van der Waals surface area contributed by atoms with E-state index in [9.17, 15) is 10.1 Å². The van der Waals surface area contributed by atoms with Crippen LogP contribution in [0.3, 0.4) is 0 Å². The summed E-state index contributed by atoms with van der Waals surface area (Å²) in [5.74, 6) is 0. The first kappa shape index (κ1) is 23.0. The first-order valence-corrected chi connectivity index (χ1v) is 12.7. The van der Waals surface area contributed by atoms with E-state index < -0.39 is 0 Å². The molecule has 6 heteroatoms. The fourth-order valence-electron chi connectivity index (χ4n) is 5.39. The Kier molecular flexibility index (Phi) is 6.13. The fourth-order valence-corrected chi connectivity index (χ4v) is 5.39. The lowest BCUT2D eigenvalue weighted by Gasteiger charge is -2.32. The number of imidazole rings is 1. The quantitative estimate of drug-likeness (QED) is 0.343. The van der Waals surface area contributed by atoms with Crippen LogP contribution in [0.1, 0.15) is 30.0 Å². The van der Waals surface area contributed by atoms with Crippen molar-refractivity contribution in [2.75, 3.05) is 13.1 Å². The Morgan fingerprint density at radius 3 is 2.41 bits per heavy atom. The molecule has 0 saturated carbocycles. The first-order chi connectivity index (χ1) is 18.2. The van der Waals surface area contributed by atoms with Gasteiger partial charge in [0.2, 0.25) is 0 Å². The molecule has 6 nitrogen and oxygen atoms in total. The smallest absolute Gasteiger partial charge is 0.306 e. The van der Waals surface area contributed by atoms with Crippen LogP contribution in [0.4, 0.5) is 0 Å². The monoisotopic (exact) mass is 485 g/mol. The maximum Gasteiger partial charge on any atom is 0.326 e. The maximum atomic E-state index is 12.6. The third kappa shape index (κ3) is 4.57. The summed E-state index contributed by atoms with van der Waals surface area (Å²) in [5.41, 5.74) is 7.60. The number of nitrogens with one attached hydrogen (secondary N) is 1. The summed E-state index contributed by atoms with van der Waals surface area (Å²) in [4.78, 5) is 22.7. The molecule has 0 unspecified atom stereocenters. The second kappa shape index (κ2) is 9.88. The highest BCUT2D eigenvalue weighted by atomic mass is 16.1. The third-order valence-electron chi connectivity index (χ3n) is 7.28. The van der Waals surface area contributed by atoms with Crippen molar-refractivity contribution in [1.29, 1.82) is 5.26 Å². The van der Waals surface area contributed by atoms with Crippen LogP contribution < -0.4 is 5.69 Å². The van der Waals surface area contributed by atoms with Gasteiger partial charge in [-0.15, -0.1) is 0 Å². The van der Waals surface area contributed by atoms with Gasteiger partial charge in [0.05, 0.1) is 22.3 Å². The Labute approximate surface area is 215 Å². The summed E-state index contributed by atoms with van der Waals surface area (Å²) in [5, 5.41) is 9.38. The minimum Gasteiger partial charge on any atom is -0.306 e. The molecule has 37 heavy (non-hydrogen) atoms. The number of nitriles is 1. The van der Waals surface area contributed by atoms with Gasteiger partial charge in [0.15, 0.2) is 0 Å². The van der Waals surface area contributed by atoms with E-state index in [0.717, 1.165) is 65.9 Å². The van der Waals surface area contributed by atoms with E-state index in [0.29, 0.717) is 5.56 Å². The second-order valence-corrected chi connectivity index (χ2v) is 9.62. The Hall–Kier alpha value is -4.47. The van der Waals surface area contributed by atoms with Crippen LogP contribution in [0, 0.1) is 11.3 Å². The van der Waals surface area contributed by atoms with Crippen molar-refractivity contribution < 1.29 is 0 Å². The third-order valence-corrected chi connectivity index (χ3v) is 7.28. The van der Waals surface area contributed by atoms with Crippen LogP contribution in [-0.2, 0) is 6.54 Å². The van der Waals surface area contributed by atoms with Crippen LogP contribution in [0.25, 0.3) is 33.4 Å². The van der Waals surface area contributed by atoms with E-state index in [-0.39, 0.29) is 11.7 Å². The summed E-state index contributed by atoms with van der Waals surface area (Å²) in [7, 11) is 0. The van der Waals surface area contributed by atoms with Gasteiger partial charge in [-0.05, 0) is 42.2 Å². The number of piperidine rings is 1. The largest absolute Gasteiger partial charge is 0.326 e. The lowest BCUT2D eigenvalue weighted by atomic mass is 9.97. The molecule has 182 valence electrons. The second-order valence-electron chi connectivity index (χ2n) is 9.62.